The van der Waals surface area contributed by atoms with Crippen LogP contribution in [0.5, 0.6) is 0 Å². The summed E-state index contributed by atoms with van der Waals surface area (Å²) in [6.45, 7) is 2.86. The first kappa shape index (κ1) is 18.6. The van der Waals surface area contributed by atoms with Crippen molar-refractivity contribution >= 4 is 34.0 Å². The highest BCUT2D eigenvalue weighted by atomic mass is 32.2. The van der Waals surface area contributed by atoms with Gasteiger partial charge in [-0.1, -0.05) is 91.0 Å². The van der Waals surface area contributed by atoms with E-state index in [1.165, 1.54) is 34.2 Å². The van der Waals surface area contributed by atoms with Crippen molar-refractivity contribution < 1.29 is 4.79 Å². The van der Waals surface area contributed by atoms with Gasteiger partial charge in [-0.2, -0.15) is 0 Å². The van der Waals surface area contributed by atoms with Crippen molar-refractivity contribution in [2.24, 2.45) is 0 Å². The van der Waals surface area contributed by atoms with Gasteiger partial charge in [0.15, 0.2) is 10.1 Å². The van der Waals surface area contributed by atoms with Crippen molar-refractivity contribution in [1.82, 2.24) is 10.2 Å². The van der Waals surface area contributed by atoms with Crippen molar-refractivity contribution in [3.8, 4) is 0 Å². The van der Waals surface area contributed by atoms with Gasteiger partial charge in [0.05, 0.1) is 5.75 Å². The van der Waals surface area contributed by atoms with E-state index in [-0.39, 0.29) is 5.78 Å². The molecule has 2 aromatic carbocycles. The fraction of sp³-hybridized carbons (Fsp3) is 0.250. The lowest BCUT2D eigenvalue weighted by Gasteiger charge is -2.02. The van der Waals surface area contributed by atoms with Crippen LogP contribution in [-0.4, -0.2) is 21.7 Å². The van der Waals surface area contributed by atoms with Crippen LogP contribution in [0.1, 0.15) is 34.8 Å². The van der Waals surface area contributed by atoms with Gasteiger partial charge in [0, 0.05) is 12.1 Å². The summed E-state index contributed by atoms with van der Waals surface area (Å²) in [6.07, 6.45) is 2.16. The van der Waals surface area contributed by atoms with E-state index in [9.17, 15) is 4.79 Å². The maximum absolute atomic E-state index is 12.3. The minimum absolute atomic E-state index is 0.118. The predicted octanol–water partition coefficient (Wildman–Crippen LogP) is 5.08. The van der Waals surface area contributed by atoms with E-state index in [2.05, 4.69) is 34.6 Å². The third-order valence-electron chi connectivity index (χ3n) is 3.83. The summed E-state index contributed by atoms with van der Waals surface area (Å²) in [6, 6.07) is 18.1. The highest BCUT2D eigenvalue weighted by molar-refractivity contribution is 8.01. The molecule has 1 N–H and O–H groups in total. The number of nitrogens with one attached hydrogen (secondary N) is 1. The Kier molecular flexibility index (Phi) is 6.80. The number of rotatable bonds is 9. The first-order valence-electron chi connectivity index (χ1n) is 8.61. The highest BCUT2D eigenvalue weighted by Gasteiger charge is 2.10. The van der Waals surface area contributed by atoms with E-state index >= 15 is 0 Å². The first-order chi connectivity index (χ1) is 12.7. The SMILES string of the molecule is CCCc1ccc(C(=O)CSc2nnc(NCc3ccccc3)s2)cc1. The summed E-state index contributed by atoms with van der Waals surface area (Å²) in [4.78, 5) is 12.3. The molecule has 26 heavy (non-hydrogen) atoms. The van der Waals surface area contributed by atoms with Gasteiger partial charge in [0.1, 0.15) is 0 Å². The van der Waals surface area contributed by atoms with Gasteiger partial charge in [0.25, 0.3) is 0 Å². The topological polar surface area (TPSA) is 54.9 Å². The van der Waals surface area contributed by atoms with Gasteiger partial charge >= 0.3 is 0 Å². The summed E-state index contributed by atoms with van der Waals surface area (Å²) in [7, 11) is 0. The summed E-state index contributed by atoms with van der Waals surface area (Å²) in [5, 5.41) is 12.3. The Morgan fingerprint density at radius 1 is 1.04 bits per heavy atom. The number of hydrogen-bond donors (Lipinski definition) is 1. The van der Waals surface area contributed by atoms with Crippen LogP contribution in [0.2, 0.25) is 0 Å². The maximum Gasteiger partial charge on any atom is 0.206 e. The lowest BCUT2D eigenvalue weighted by Crippen LogP contribution is -2.02. The van der Waals surface area contributed by atoms with Gasteiger partial charge in [-0.3, -0.25) is 4.79 Å². The van der Waals surface area contributed by atoms with Gasteiger partial charge in [-0.15, -0.1) is 10.2 Å². The second-order valence-corrected chi connectivity index (χ2v) is 8.07. The Hall–Kier alpha value is -2.18. The van der Waals surface area contributed by atoms with Gasteiger partial charge < -0.3 is 5.32 Å². The molecule has 3 aromatic rings. The molecule has 4 nitrogen and oxygen atoms in total. The molecule has 0 unspecified atom stereocenters. The number of benzene rings is 2. The zero-order valence-corrected chi connectivity index (χ0v) is 16.3. The van der Waals surface area contributed by atoms with Crippen molar-refractivity contribution in [1.29, 1.82) is 0 Å². The van der Waals surface area contributed by atoms with Crippen molar-refractivity contribution in [2.45, 2.75) is 30.6 Å². The van der Waals surface area contributed by atoms with Crippen LogP contribution in [0, 0.1) is 0 Å². The standard InChI is InChI=1S/C20H21N3OS2/c1-2-6-15-9-11-17(12-10-15)18(24)14-25-20-23-22-19(26-20)21-13-16-7-4-3-5-8-16/h3-5,7-12H,2,6,13-14H2,1H3,(H,21,22). The number of Topliss-reactive ketones (excluding diaryl/α,β-unsaturated/α-hetero) is 1. The fourth-order valence-corrected chi connectivity index (χ4v) is 4.11. The molecule has 0 fully saturated rings. The van der Waals surface area contributed by atoms with Crippen LogP contribution in [0.25, 0.3) is 0 Å². The zero-order valence-electron chi connectivity index (χ0n) is 14.6. The lowest BCUT2D eigenvalue weighted by molar-refractivity contribution is 0.102. The van der Waals surface area contributed by atoms with Crippen LogP contribution >= 0.6 is 23.1 Å². The largest absolute Gasteiger partial charge is 0.356 e. The molecular formula is C20H21N3OS2. The van der Waals surface area contributed by atoms with Gasteiger partial charge in [-0.25, -0.2) is 0 Å². The van der Waals surface area contributed by atoms with Crippen LogP contribution in [0.15, 0.2) is 58.9 Å². The molecule has 0 aliphatic heterocycles. The minimum atomic E-state index is 0.118. The molecular weight excluding hydrogens is 362 g/mol. The Labute approximate surface area is 162 Å². The number of ketones is 1. The third-order valence-corrected chi connectivity index (χ3v) is 5.85. The third kappa shape index (κ3) is 5.41. The predicted molar refractivity (Wildman–Crippen MR) is 109 cm³/mol. The molecule has 0 aliphatic rings. The number of carbonyl (C=O) groups excluding carboxylic acids is 1. The summed E-state index contributed by atoms with van der Waals surface area (Å²) < 4.78 is 0.802. The molecule has 0 radical (unpaired) electrons. The highest BCUT2D eigenvalue weighted by Crippen LogP contribution is 2.26. The van der Waals surface area contributed by atoms with Crippen LogP contribution < -0.4 is 5.32 Å². The second-order valence-electron chi connectivity index (χ2n) is 5.87. The molecule has 0 aliphatic carbocycles. The van der Waals surface area contributed by atoms with Crippen LogP contribution in [-0.2, 0) is 13.0 Å². The fourth-order valence-electron chi connectivity index (χ4n) is 2.47. The number of thioether (sulfide) groups is 1. The average molecular weight is 384 g/mol. The van der Waals surface area contributed by atoms with E-state index < -0.39 is 0 Å². The number of nitrogens with zero attached hydrogens (tertiary/aromatic N) is 2. The molecule has 1 heterocycles. The normalized spacial score (nSPS) is 10.7. The molecule has 6 heteroatoms. The van der Waals surface area contributed by atoms with Crippen molar-refractivity contribution in [2.75, 3.05) is 11.1 Å². The Balaban J connectivity index is 1.48. The van der Waals surface area contributed by atoms with Gasteiger partial charge in [0.2, 0.25) is 5.13 Å². The molecule has 0 bridgehead atoms. The van der Waals surface area contributed by atoms with E-state index in [0.29, 0.717) is 12.3 Å². The number of anilines is 1. The molecule has 0 saturated carbocycles. The monoisotopic (exact) mass is 383 g/mol. The number of hydrogen-bond acceptors (Lipinski definition) is 6. The van der Waals surface area contributed by atoms with Gasteiger partial charge in [-0.05, 0) is 17.5 Å². The summed E-state index contributed by atoms with van der Waals surface area (Å²) in [5.41, 5.74) is 3.22. The Morgan fingerprint density at radius 2 is 1.81 bits per heavy atom. The molecule has 0 saturated heterocycles. The minimum Gasteiger partial charge on any atom is -0.356 e. The van der Waals surface area contributed by atoms with Crippen molar-refractivity contribution in [3.63, 3.8) is 0 Å². The molecule has 3 rings (SSSR count). The molecule has 1 aromatic heterocycles. The number of aromatic nitrogens is 2. The Morgan fingerprint density at radius 3 is 2.54 bits per heavy atom. The zero-order chi connectivity index (χ0) is 18.2. The Bertz CT molecular complexity index is 832. The first-order valence-corrected chi connectivity index (χ1v) is 10.4. The van der Waals surface area contributed by atoms with E-state index in [4.69, 9.17) is 0 Å². The molecule has 0 spiro atoms. The maximum atomic E-state index is 12.3. The van der Waals surface area contributed by atoms with E-state index in [0.717, 1.165) is 27.9 Å². The quantitative estimate of drug-likeness (QED) is 0.413. The summed E-state index contributed by atoms with van der Waals surface area (Å²) >= 11 is 2.91. The summed E-state index contributed by atoms with van der Waals surface area (Å²) in [5.74, 6) is 0.493. The molecule has 134 valence electrons. The van der Waals surface area contributed by atoms with E-state index in [1.54, 1.807) is 0 Å². The number of carbonyl (C=O) groups is 1. The lowest BCUT2D eigenvalue weighted by atomic mass is 10.1. The van der Waals surface area contributed by atoms with Crippen LogP contribution in [0.4, 0.5) is 5.13 Å². The average Bonchev–Trinajstić information content (AvgIpc) is 3.14. The number of aryl methyl sites for hydroxylation is 1. The smallest absolute Gasteiger partial charge is 0.206 e. The van der Waals surface area contributed by atoms with E-state index in [1.807, 2.05) is 42.5 Å². The van der Waals surface area contributed by atoms with Crippen LogP contribution in [0.3, 0.4) is 0 Å². The van der Waals surface area contributed by atoms with Crippen molar-refractivity contribution in [3.05, 3.63) is 71.3 Å². The molecule has 0 amide bonds. The second kappa shape index (κ2) is 9.50. The molecule has 0 atom stereocenters.